The van der Waals surface area contributed by atoms with Gasteiger partial charge in [-0.05, 0) is 56.8 Å². The van der Waals surface area contributed by atoms with Gasteiger partial charge in [0.2, 0.25) is 5.88 Å². The lowest BCUT2D eigenvalue weighted by Gasteiger charge is -2.47. The highest BCUT2D eigenvalue weighted by Gasteiger charge is 2.58. The van der Waals surface area contributed by atoms with Crippen LogP contribution >= 0.6 is 0 Å². The second kappa shape index (κ2) is 11.3. The van der Waals surface area contributed by atoms with Crippen LogP contribution in [0.1, 0.15) is 48.9 Å². The number of benzene rings is 1. The number of carboxylic acids is 1. The van der Waals surface area contributed by atoms with E-state index >= 15 is 0 Å². The SMILES string of the molecule is O=C(O)[C@@H]1C[C@H](F)CN1C(=O)c1ccc(-c2cnc(OCC3CCN(CC4(C(F)(F)F)CCC4)CC3)cn2)cc1. The minimum Gasteiger partial charge on any atom is -0.480 e. The van der Waals surface area contributed by atoms with Gasteiger partial charge in [0.1, 0.15) is 12.2 Å². The van der Waals surface area contributed by atoms with Gasteiger partial charge in [-0.25, -0.2) is 19.2 Å². The number of nitrogens with zero attached hydrogens (tertiary/aromatic N) is 4. The smallest absolute Gasteiger partial charge is 0.395 e. The van der Waals surface area contributed by atoms with Crippen LogP contribution in [-0.4, -0.2) is 87.9 Å². The molecule has 1 saturated carbocycles. The van der Waals surface area contributed by atoms with E-state index in [1.807, 2.05) is 4.90 Å². The average molecular weight is 565 g/mol. The van der Waals surface area contributed by atoms with Crippen molar-refractivity contribution in [3.05, 3.63) is 42.2 Å². The molecule has 0 bridgehead atoms. The van der Waals surface area contributed by atoms with Crippen molar-refractivity contribution in [2.75, 3.05) is 32.8 Å². The zero-order valence-electron chi connectivity index (χ0n) is 21.9. The standard InChI is InChI=1S/C28H32F4N4O4/c29-21-12-23(26(38)39)36(15-21)25(37)20-4-2-19(3-5-20)22-13-34-24(14-33-22)40-16-18-6-10-35(11-7-18)17-27(8-1-9-27)28(30,31)32/h2-5,13-14,18,21,23H,1,6-12,15-17H2,(H,38,39)/t21-,23-/m0/s1. The molecule has 5 rings (SSSR count). The molecule has 216 valence electrons. The van der Waals surface area contributed by atoms with Crippen molar-refractivity contribution >= 4 is 11.9 Å². The number of hydrogen-bond donors (Lipinski definition) is 1. The molecule has 3 heterocycles. The fraction of sp³-hybridized carbons (Fsp3) is 0.571. The molecule has 2 aliphatic heterocycles. The average Bonchev–Trinajstić information content (AvgIpc) is 3.31. The molecule has 1 aliphatic carbocycles. The van der Waals surface area contributed by atoms with Crippen molar-refractivity contribution in [3.63, 3.8) is 0 Å². The molecule has 12 heteroatoms. The predicted molar refractivity (Wildman–Crippen MR) is 136 cm³/mol. The van der Waals surface area contributed by atoms with Gasteiger partial charge >= 0.3 is 12.1 Å². The first kappa shape index (κ1) is 28.3. The maximum absolute atomic E-state index is 13.7. The third kappa shape index (κ3) is 5.91. The lowest BCUT2D eigenvalue weighted by molar-refractivity contribution is -0.256. The Labute approximate surface area is 229 Å². The quantitative estimate of drug-likeness (QED) is 0.468. The van der Waals surface area contributed by atoms with Crippen molar-refractivity contribution in [1.82, 2.24) is 19.8 Å². The van der Waals surface area contributed by atoms with Gasteiger partial charge in [-0.1, -0.05) is 18.6 Å². The summed E-state index contributed by atoms with van der Waals surface area (Å²) >= 11 is 0. The number of likely N-dealkylation sites (tertiary alicyclic amines) is 2. The van der Waals surface area contributed by atoms with Crippen LogP contribution in [0.5, 0.6) is 5.88 Å². The summed E-state index contributed by atoms with van der Waals surface area (Å²) in [5.74, 6) is -1.19. The van der Waals surface area contributed by atoms with Crippen LogP contribution in [0, 0.1) is 11.3 Å². The molecule has 0 spiro atoms. The van der Waals surface area contributed by atoms with Crippen LogP contribution < -0.4 is 4.74 Å². The summed E-state index contributed by atoms with van der Waals surface area (Å²) in [5, 5.41) is 9.28. The van der Waals surface area contributed by atoms with Crippen LogP contribution in [0.4, 0.5) is 17.6 Å². The summed E-state index contributed by atoms with van der Waals surface area (Å²) in [5.41, 5.74) is -0.0441. The van der Waals surface area contributed by atoms with E-state index in [0.717, 1.165) is 17.7 Å². The number of carboxylic acid groups (broad SMARTS) is 1. The number of aromatic nitrogens is 2. The van der Waals surface area contributed by atoms with Gasteiger partial charge < -0.3 is 19.6 Å². The maximum Gasteiger partial charge on any atom is 0.395 e. The minimum absolute atomic E-state index is 0.0886. The van der Waals surface area contributed by atoms with Gasteiger partial charge in [0.25, 0.3) is 5.91 Å². The summed E-state index contributed by atoms with van der Waals surface area (Å²) in [6.07, 6.45) is -0.0656. The van der Waals surface area contributed by atoms with Crippen LogP contribution in [0.25, 0.3) is 11.3 Å². The molecule has 3 aliphatic rings. The van der Waals surface area contributed by atoms with E-state index in [1.165, 1.54) is 6.20 Å². The van der Waals surface area contributed by atoms with Crippen molar-refractivity contribution in [3.8, 4) is 17.1 Å². The first-order valence-electron chi connectivity index (χ1n) is 13.6. The molecule has 0 radical (unpaired) electrons. The zero-order chi connectivity index (χ0) is 28.5. The summed E-state index contributed by atoms with van der Waals surface area (Å²) in [7, 11) is 0. The molecule has 1 amide bonds. The van der Waals surface area contributed by atoms with Gasteiger partial charge in [0.15, 0.2) is 0 Å². The lowest BCUT2D eigenvalue weighted by atomic mass is 9.67. The van der Waals surface area contributed by atoms with Crippen molar-refractivity contribution in [2.45, 2.75) is 56.9 Å². The van der Waals surface area contributed by atoms with Gasteiger partial charge in [0, 0.05) is 24.1 Å². The van der Waals surface area contributed by atoms with Gasteiger partial charge in [-0.3, -0.25) is 4.79 Å². The Kier molecular flexibility index (Phi) is 7.98. The molecule has 2 saturated heterocycles. The van der Waals surface area contributed by atoms with E-state index < -0.39 is 35.7 Å². The van der Waals surface area contributed by atoms with E-state index in [-0.39, 0.29) is 43.8 Å². The summed E-state index contributed by atoms with van der Waals surface area (Å²) in [6.45, 7) is 1.50. The monoisotopic (exact) mass is 564 g/mol. The fourth-order valence-corrected chi connectivity index (χ4v) is 5.81. The number of carbonyl (C=O) groups is 2. The number of piperidine rings is 1. The number of halogens is 4. The van der Waals surface area contributed by atoms with Crippen LogP contribution in [0.3, 0.4) is 0 Å². The van der Waals surface area contributed by atoms with Gasteiger partial charge in [0.05, 0.1) is 36.7 Å². The molecule has 8 nitrogen and oxygen atoms in total. The highest BCUT2D eigenvalue weighted by Crippen LogP contribution is 2.53. The van der Waals surface area contributed by atoms with E-state index in [2.05, 4.69) is 9.97 Å². The zero-order valence-corrected chi connectivity index (χ0v) is 21.9. The number of aliphatic carboxylic acids is 1. The van der Waals surface area contributed by atoms with E-state index in [4.69, 9.17) is 4.74 Å². The lowest BCUT2D eigenvalue weighted by Crippen LogP contribution is -2.53. The van der Waals surface area contributed by atoms with Crippen molar-refractivity contribution in [1.29, 1.82) is 0 Å². The number of alkyl halides is 4. The molecule has 2 atom stereocenters. The summed E-state index contributed by atoms with van der Waals surface area (Å²) in [6, 6.07) is 5.24. The van der Waals surface area contributed by atoms with Crippen LogP contribution in [0.15, 0.2) is 36.7 Å². The topological polar surface area (TPSA) is 95.9 Å². The van der Waals surface area contributed by atoms with E-state index in [1.54, 1.807) is 30.5 Å². The summed E-state index contributed by atoms with van der Waals surface area (Å²) in [4.78, 5) is 35.8. The Morgan fingerprint density at radius 3 is 2.33 bits per heavy atom. The second-order valence-electron chi connectivity index (χ2n) is 11.1. The second-order valence-corrected chi connectivity index (χ2v) is 11.1. The maximum atomic E-state index is 13.7. The third-order valence-corrected chi connectivity index (χ3v) is 8.46. The largest absolute Gasteiger partial charge is 0.480 e. The first-order valence-corrected chi connectivity index (χ1v) is 13.6. The number of rotatable bonds is 8. The number of carbonyl (C=O) groups excluding carboxylic acids is 1. The Bertz CT molecular complexity index is 1200. The highest BCUT2D eigenvalue weighted by atomic mass is 19.4. The molecule has 2 aromatic rings. The van der Waals surface area contributed by atoms with E-state index in [9.17, 15) is 32.3 Å². The highest BCUT2D eigenvalue weighted by molar-refractivity contribution is 5.97. The van der Waals surface area contributed by atoms with E-state index in [0.29, 0.717) is 43.3 Å². The summed E-state index contributed by atoms with van der Waals surface area (Å²) < 4.78 is 60.0. The molecule has 1 aromatic carbocycles. The molecule has 40 heavy (non-hydrogen) atoms. The van der Waals surface area contributed by atoms with Crippen LogP contribution in [0.2, 0.25) is 0 Å². The number of amides is 1. The molecule has 1 N–H and O–H groups in total. The fourth-order valence-electron chi connectivity index (χ4n) is 5.81. The Morgan fingerprint density at radius 2 is 1.77 bits per heavy atom. The Hall–Kier alpha value is -3.28. The van der Waals surface area contributed by atoms with Crippen molar-refractivity contribution in [2.24, 2.45) is 11.3 Å². The predicted octanol–water partition coefficient (Wildman–Crippen LogP) is 4.60. The van der Waals surface area contributed by atoms with Crippen molar-refractivity contribution < 1.29 is 37.0 Å². The minimum atomic E-state index is -4.14. The molecule has 3 fully saturated rings. The Morgan fingerprint density at radius 1 is 1.07 bits per heavy atom. The Balaban J connectivity index is 1.10. The molecular weight excluding hydrogens is 532 g/mol. The normalized spacial score (nSPS) is 23.6. The molecule has 0 unspecified atom stereocenters. The first-order chi connectivity index (χ1) is 19.0. The number of ether oxygens (including phenoxy) is 1. The third-order valence-electron chi connectivity index (χ3n) is 8.46. The van der Waals surface area contributed by atoms with Crippen LogP contribution in [-0.2, 0) is 4.79 Å². The molecular formula is C28H32F4N4O4. The van der Waals surface area contributed by atoms with Gasteiger partial charge in [-0.15, -0.1) is 0 Å². The molecule has 1 aromatic heterocycles. The van der Waals surface area contributed by atoms with Gasteiger partial charge in [-0.2, -0.15) is 13.2 Å². The number of hydrogen-bond acceptors (Lipinski definition) is 6.